The van der Waals surface area contributed by atoms with E-state index in [1.807, 2.05) is 18.2 Å². The third kappa shape index (κ3) is 4.42. The van der Waals surface area contributed by atoms with Gasteiger partial charge in [0.1, 0.15) is 12.4 Å². The van der Waals surface area contributed by atoms with Crippen molar-refractivity contribution in [2.24, 2.45) is 0 Å². The average Bonchev–Trinajstić information content (AvgIpc) is 2.29. The van der Waals surface area contributed by atoms with E-state index in [4.69, 9.17) is 21.1 Å². The summed E-state index contributed by atoms with van der Waals surface area (Å²) in [7, 11) is 0. The molecule has 1 rings (SSSR count). The molecule has 0 aliphatic heterocycles. The minimum absolute atomic E-state index is 0.472. The Morgan fingerprint density at radius 3 is 2.56 bits per heavy atom. The summed E-state index contributed by atoms with van der Waals surface area (Å²) in [6.45, 7) is 6.05. The third-order valence-electron chi connectivity index (χ3n) is 2.25. The highest BCUT2D eigenvalue weighted by Gasteiger charge is 2.06. The van der Waals surface area contributed by atoms with Crippen molar-refractivity contribution < 1.29 is 9.47 Å². The molecule has 16 heavy (non-hydrogen) atoms. The van der Waals surface area contributed by atoms with E-state index in [0.717, 1.165) is 5.75 Å². The smallest absolute Gasteiger partial charge is 0.122 e. The number of rotatable bonds is 7. The van der Waals surface area contributed by atoms with Crippen molar-refractivity contribution in [2.75, 3.05) is 25.7 Å². The maximum absolute atomic E-state index is 5.68. The van der Waals surface area contributed by atoms with Crippen LogP contribution in [0.4, 0.5) is 0 Å². The lowest BCUT2D eigenvalue weighted by Gasteiger charge is -2.13. The number of alkyl halides is 1. The van der Waals surface area contributed by atoms with Crippen molar-refractivity contribution in [3.05, 3.63) is 29.8 Å². The van der Waals surface area contributed by atoms with Gasteiger partial charge >= 0.3 is 0 Å². The maximum atomic E-state index is 5.68. The monoisotopic (exact) mass is 242 g/mol. The number of ether oxygens (including phenoxy) is 2. The highest BCUT2D eigenvalue weighted by Crippen LogP contribution is 2.25. The highest BCUT2D eigenvalue weighted by molar-refractivity contribution is 6.17. The van der Waals surface area contributed by atoms with Gasteiger partial charge in [0.25, 0.3) is 0 Å². The molecule has 0 bridgehead atoms. The largest absolute Gasteiger partial charge is 0.491 e. The van der Waals surface area contributed by atoms with E-state index in [-0.39, 0.29) is 0 Å². The standard InChI is InChI=1S/C13H19ClO2/c1-11(2)12-5-3-4-6-13(12)16-10-9-15-8-7-14/h3-6,11H,7-10H2,1-2H3. The van der Waals surface area contributed by atoms with Gasteiger partial charge in [-0.25, -0.2) is 0 Å². The quantitative estimate of drug-likeness (QED) is 0.539. The fourth-order valence-corrected chi connectivity index (χ4v) is 1.57. The molecule has 0 radical (unpaired) electrons. The first-order valence-corrected chi connectivity index (χ1v) is 6.14. The van der Waals surface area contributed by atoms with Gasteiger partial charge < -0.3 is 9.47 Å². The Morgan fingerprint density at radius 1 is 1.12 bits per heavy atom. The van der Waals surface area contributed by atoms with E-state index >= 15 is 0 Å². The molecule has 0 aliphatic carbocycles. The summed E-state index contributed by atoms with van der Waals surface area (Å²) in [6.07, 6.45) is 0. The van der Waals surface area contributed by atoms with Gasteiger partial charge in [-0.05, 0) is 17.5 Å². The summed E-state index contributed by atoms with van der Waals surface area (Å²) in [4.78, 5) is 0. The summed E-state index contributed by atoms with van der Waals surface area (Å²) in [5, 5.41) is 0. The fraction of sp³-hybridized carbons (Fsp3) is 0.538. The molecule has 0 atom stereocenters. The molecule has 1 aromatic carbocycles. The van der Waals surface area contributed by atoms with E-state index in [0.29, 0.717) is 31.6 Å². The molecule has 1 aromatic rings. The molecule has 0 heterocycles. The average molecular weight is 243 g/mol. The van der Waals surface area contributed by atoms with Crippen LogP contribution in [0.15, 0.2) is 24.3 Å². The Labute approximate surface area is 103 Å². The first-order chi connectivity index (χ1) is 7.75. The lowest BCUT2D eigenvalue weighted by molar-refractivity contribution is 0.111. The second-order valence-corrected chi connectivity index (χ2v) is 4.22. The summed E-state index contributed by atoms with van der Waals surface area (Å²) >= 11 is 5.50. The molecule has 90 valence electrons. The number of para-hydroxylation sites is 1. The van der Waals surface area contributed by atoms with Crippen LogP contribution in [0.25, 0.3) is 0 Å². The summed E-state index contributed by atoms with van der Waals surface area (Å²) < 4.78 is 10.9. The molecule has 0 unspecified atom stereocenters. The van der Waals surface area contributed by atoms with E-state index < -0.39 is 0 Å². The molecule has 0 N–H and O–H groups in total. The molecule has 0 saturated heterocycles. The minimum atomic E-state index is 0.472. The highest BCUT2D eigenvalue weighted by atomic mass is 35.5. The Balaban J connectivity index is 2.41. The Bertz CT molecular complexity index is 300. The normalized spacial score (nSPS) is 10.8. The first-order valence-electron chi connectivity index (χ1n) is 5.61. The van der Waals surface area contributed by atoms with Crippen molar-refractivity contribution in [1.82, 2.24) is 0 Å². The number of hydrogen-bond donors (Lipinski definition) is 0. The molecular formula is C13H19ClO2. The first kappa shape index (κ1) is 13.3. The van der Waals surface area contributed by atoms with E-state index in [1.54, 1.807) is 0 Å². The van der Waals surface area contributed by atoms with Crippen LogP contribution in [0.5, 0.6) is 5.75 Å². The van der Waals surface area contributed by atoms with Crippen LogP contribution >= 0.6 is 11.6 Å². The topological polar surface area (TPSA) is 18.5 Å². The van der Waals surface area contributed by atoms with Gasteiger partial charge in [0.15, 0.2) is 0 Å². The SMILES string of the molecule is CC(C)c1ccccc1OCCOCCCl. The van der Waals surface area contributed by atoms with Crippen molar-refractivity contribution in [3.63, 3.8) is 0 Å². The fourth-order valence-electron chi connectivity index (χ4n) is 1.46. The van der Waals surface area contributed by atoms with Gasteiger partial charge in [0.05, 0.1) is 13.2 Å². The molecule has 3 heteroatoms. The summed E-state index contributed by atoms with van der Waals surface area (Å²) in [5.74, 6) is 1.95. The zero-order chi connectivity index (χ0) is 11.8. The van der Waals surface area contributed by atoms with Gasteiger partial charge in [-0.1, -0.05) is 32.0 Å². The predicted octanol–water partition coefficient (Wildman–Crippen LogP) is 3.44. The van der Waals surface area contributed by atoms with E-state index in [1.165, 1.54) is 5.56 Å². The minimum Gasteiger partial charge on any atom is -0.491 e. The summed E-state index contributed by atoms with van der Waals surface area (Å²) in [5.41, 5.74) is 1.24. The van der Waals surface area contributed by atoms with Crippen LogP contribution in [0.1, 0.15) is 25.3 Å². The van der Waals surface area contributed by atoms with Crippen molar-refractivity contribution >= 4 is 11.6 Å². The van der Waals surface area contributed by atoms with Gasteiger partial charge in [-0.2, -0.15) is 0 Å². The molecule has 0 aromatic heterocycles. The van der Waals surface area contributed by atoms with Crippen LogP contribution < -0.4 is 4.74 Å². The lowest BCUT2D eigenvalue weighted by atomic mass is 10.0. The third-order valence-corrected chi connectivity index (χ3v) is 2.40. The van der Waals surface area contributed by atoms with Crippen LogP contribution in [-0.4, -0.2) is 25.7 Å². The second kappa shape index (κ2) is 7.53. The summed E-state index contributed by atoms with van der Waals surface area (Å²) in [6, 6.07) is 8.11. The molecule has 0 amide bonds. The zero-order valence-corrected chi connectivity index (χ0v) is 10.7. The van der Waals surface area contributed by atoms with Crippen LogP contribution in [0.3, 0.4) is 0 Å². The predicted molar refractivity (Wildman–Crippen MR) is 67.6 cm³/mol. The lowest BCUT2D eigenvalue weighted by Crippen LogP contribution is -2.09. The number of halogens is 1. The Morgan fingerprint density at radius 2 is 1.88 bits per heavy atom. The van der Waals surface area contributed by atoms with Crippen molar-refractivity contribution in [1.29, 1.82) is 0 Å². The van der Waals surface area contributed by atoms with E-state index in [9.17, 15) is 0 Å². The Kier molecular flexibility index (Phi) is 6.27. The molecule has 0 fully saturated rings. The molecular weight excluding hydrogens is 224 g/mol. The van der Waals surface area contributed by atoms with Gasteiger partial charge in [-0.15, -0.1) is 11.6 Å². The molecule has 0 saturated carbocycles. The second-order valence-electron chi connectivity index (χ2n) is 3.84. The van der Waals surface area contributed by atoms with Gasteiger partial charge in [0, 0.05) is 5.88 Å². The van der Waals surface area contributed by atoms with Crippen LogP contribution in [0, 0.1) is 0 Å². The van der Waals surface area contributed by atoms with Gasteiger partial charge in [-0.3, -0.25) is 0 Å². The molecule has 2 nitrogen and oxygen atoms in total. The van der Waals surface area contributed by atoms with Crippen LogP contribution in [-0.2, 0) is 4.74 Å². The van der Waals surface area contributed by atoms with Crippen molar-refractivity contribution in [3.8, 4) is 5.75 Å². The number of hydrogen-bond acceptors (Lipinski definition) is 2. The van der Waals surface area contributed by atoms with E-state index in [2.05, 4.69) is 19.9 Å². The molecule has 0 spiro atoms. The zero-order valence-electron chi connectivity index (χ0n) is 9.91. The molecule has 0 aliphatic rings. The Hall–Kier alpha value is -0.730. The number of benzene rings is 1. The van der Waals surface area contributed by atoms with Crippen molar-refractivity contribution in [2.45, 2.75) is 19.8 Å². The van der Waals surface area contributed by atoms with Crippen LogP contribution in [0.2, 0.25) is 0 Å². The maximum Gasteiger partial charge on any atom is 0.122 e. The van der Waals surface area contributed by atoms with Gasteiger partial charge in [0.2, 0.25) is 0 Å².